The summed E-state index contributed by atoms with van der Waals surface area (Å²) in [5.41, 5.74) is -0.199. The molecule has 0 atom stereocenters. The summed E-state index contributed by atoms with van der Waals surface area (Å²) in [6.45, 7) is 0.293. The van der Waals surface area contributed by atoms with Crippen LogP contribution < -0.4 is 20.0 Å². The summed E-state index contributed by atoms with van der Waals surface area (Å²) in [5, 5.41) is 13.2. The van der Waals surface area contributed by atoms with E-state index in [1.807, 2.05) is 11.9 Å². The number of carbonyl (C=O) groups is 1. The third-order valence-corrected chi connectivity index (χ3v) is 5.99. The molecule has 5 rings (SSSR count). The topological polar surface area (TPSA) is 118 Å². The zero-order valence-corrected chi connectivity index (χ0v) is 17.2. The molecule has 2 aliphatic carbocycles. The lowest BCUT2D eigenvalue weighted by Gasteiger charge is -2.16. The third kappa shape index (κ3) is 2.70. The third-order valence-electron chi connectivity index (χ3n) is 5.72. The van der Waals surface area contributed by atoms with Gasteiger partial charge >= 0.3 is 0 Å². The fraction of sp³-hybridized carbons (Fsp3) is 0.227. The van der Waals surface area contributed by atoms with Crippen LogP contribution in [-0.4, -0.2) is 39.8 Å². The van der Waals surface area contributed by atoms with E-state index in [2.05, 4.69) is 0 Å². The summed E-state index contributed by atoms with van der Waals surface area (Å²) < 4.78 is 12.5. The van der Waals surface area contributed by atoms with Gasteiger partial charge in [0, 0.05) is 45.6 Å². The molecule has 0 N–H and O–H groups in total. The van der Waals surface area contributed by atoms with E-state index in [4.69, 9.17) is 21.1 Å². The minimum Gasteiger partial charge on any atom is -0.454 e. The fourth-order valence-corrected chi connectivity index (χ4v) is 4.56. The molecule has 1 aromatic carbocycles. The molecule has 9 nitrogen and oxygen atoms in total. The summed E-state index contributed by atoms with van der Waals surface area (Å²) in [4.78, 5) is 48.0. The zero-order valence-electron chi connectivity index (χ0n) is 16.4. The Hall–Kier alpha value is -3.90. The SMILES string of the molecule is O=C=c1c2c3c(c(=C=O)n(CCCCl)c=2c2cc4c(cc12)OCO4)C=C([N+](=O)[O-])CC3=O. The number of ether oxygens (including phenoxy) is 2. The van der Waals surface area contributed by atoms with Crippen molar-refractivity contribution in [3.63, 3.8) is 0 Å². The van der Waals surface area contributed by atoms with Crippen molar-refractivity contribution in [2.24, 2.45) is 0 Å². The summed E-state index contributed by atoms with van der Waals surface area (Å²) in [7, 11) is 0. The molecule has 0 radical (unpaired) electrons. The van der Waals surface area contributed by atoms with Crippen LogP contribution in [0.15, 0.2) is 17.8 Å². The highest BCUT2D eigenvalue weighted by molar-refractivity contribution is 6.17. The van der Waals surface area contributed by atoms with Gasteiger partial charge in [0.1, 0.15) is 17.7 Å². The maximum absolute atomic E-state index is 13.1. The molecule has 0 saturated heterocycles. The van der Waals surface area contributed by atoms with Gasteiger partial charge in [0.05, 0.1) is 15.5 Å². The van der Waals surface area contributed by atoms with Gasteiger partial charge in [-0.25, -0.2) is 9.59 Å². The molecular formula is C22H13ClN2O7. The highest BCUT2D eigenvalue weighted by Gasteiger charge is 2.31. The predicted octanol–water partition coefficient (Wildman–Crippen LogP) is 0.934. The van der Waals surface area contributed by atoms with E-state index in [-0.39, 0.29) is 51.8 Å². The predicted molar refractivity (Wildman–Crippen MR) is 111 cm³/mol. The lowest BCUT2D eigenvalue weighted by Crippen LogP contribution is -2.32. The first kappa shape index (κ1) is 20.0. The number of hydrogen-bond donors (Lipinski definition) is 0. The van der Waals surface area contributed by atoms with Gasteiger partial charge in [0.2, 0.25) is 6.79 Å². The normalized spacial score (nSPS) is 14.3. The van der Waals surface area contributed by atoms with Crippen LogP contribution in [0.3, 0.4) is 0 Å². The van der Waals surface area contributed by atoms with E-state index in [9.17, 15) is 24.5 Å². The van der Waals surface area contributed by atoms with Crippen LogP contribution in [0.2, 0.25) is 0 Å². The molecule has 32 heavy (non-hydrogen) atoms. The number of allylic oxidation sites excluding steroid dienone is 1. The molecule has 0 saturated carbocycles. The summed E-state index contributed by atoms with van der Waals surface area (Å²) in [6, 6.07) is 3.32. The van der Waals surface area contributed by atoms with Crippen LogP contribution in [0.5, 0.6) is 11.5 Å². The van der Waals surface area contributed by atoms with E-state index in [0.29, 0.717) is 34.0 Å². The average Bonchev–Trinajstić information content (AvgIpc) is 3.36. The number of hydrogen-bond acceptors (Lipinski definition) is 7. The Balaban J connectivity index is 2.11. The van der Waals surface area contributed by atoms with Crippen LogP contribution in [0.1, 0.15) is 28.8 Å². The quantitative estimate of drug-likeness (QED) is 0.328. The highest BCUT2D eigenvalue weighted by atomic mass is 35.5. The van der Waals surface area contributed by atoms with Gasteiger partial charge in [-0.15, -0.1) is 11.6 Å². The first-order valence-corrected chi connectivity index (χ1v) is 10.2. The molecule has 2 aliphatic heterocycles. The second kappa shape index (κ2) is 7.35. The number of benzene rings is 1. The van der Waals surface area contributed by atoms with Crippen LogP contribution >= 0.6 is 11.6 Å². The number of halogens is 1. The van der Waals surface area contributed by atoms with Gasteiger partial charge < -0.3 is 14.0 Å². The van der Waals surface area contributed by atoms with Crippen LogP contribution in [0.25, 0.3) is 16.8 Å². The van der Waals surface area contributed by atoms with E-state index in [0.717, 1.165) is 0 Å². The van der Waals surface area contributed by atoms with Crippen molar-refractivity contribution in [3.8, 4) is 11.5 Å². The van der Waals surface area contributed by atoms with Gasteiger partial charge in [-0.05, 0) is 18.6 Å². The van der Waals surface area contributed by atoms with E-state index < -0.39 is 17.1 Å². The second-order valence-corrected chi connectivity index (χ2v) is 7.76. The highest BCUT2D eigenvalue weighted by Crippen LogP contribution is 2.36. The molecule has 0 spiro atoms. The molecule has 0 aromatic heterocycles. The Morgan fingerprint density at radius 2 is 1.88 bits per heavy atom. The lowest BCUT2D eigenvalue weighted by molar-refractivity contribution is -0.424. The van der Waals surface area contributed by atoms with Crippen molar-refractivity contribution in [2.45, 2.75) is 19.4 Å². The van der Waals surface area contributed by atoms with Crippen molar-refractivity contribution in [1.29, 1.82) is 0 Å². The number of fused-ring (bicyclic) bond motifs is 5. The average molecular weight is 453 g/mol. The van der Waals surface area contributed by atoms with Gasteiger partial charge in [-0.1, -0.05) is 0 Å². The van der Waals surface area contributed by atoms with Crippen molar-refractivity contribution in [1.82, 2.24) is 4.57 Å². The molecular weight excluding hydrogens is 440 g/mol. The Labute approximate surface area is 183 Å². The van der Waals surface area contributed by atoms with E-state index in [1.165, 1.54) is 6.08 Å². The summed E-state index contributed by atoms with van der Waals surface area (Å²) in [5.74, 6) is 4.39. The number of nitro groups is 1. The first-order chi connectivity index (χ1) is 15.5. The summed E-state index contributed by atoms with van der Waals surface area (Å²) in [6.07, 6.45) is 1.21. The van der Waals surface area contributed by atoms with E-state index >= 15 is 0 Å². The standard InChI is InChI=1S/C22H13ClN2O7/c23-2-1-3-24-16(9-27)14-4-11(25(29)30)5-17(28)20(14)21-15(8-26)12-6-18-19(32-10-31-18)7-13(12)22(21)24/h4,6-7H,1-3,5,10H2. The van der Waals surface area contributed by atoms with Crippen molar-refractivity contribution >= 4 is 46.1 Å². The number of ketones is 1. The van der Waals surface area contributed by atoms with Crippen molar-refractivity contribution in [2.75, 3.05) is 12.7 Å². The van der Waals surface area contributed by atoms with Crippen LogP contribution in [0.4, 0.5) is 0 Å². The Bertz CT molecular complexity index is 1630. The second-order valence-electron chi connectivity index (χ2n) is 7.38. The van der Waals surface area contributed by atoms with E-state index in [1.54, 1.807) is 16.7 Å². The fourth-order valence-electron chi connectivity index (χ4n) is 4.44. The minimum absolute atomic E-state index is 0.0213. The number of rotatable bonds is 4. The molecule has 2 heterocycles. The summed E-state index contributed by atoms with van der Waals surface area (Å²) >= 11 is 5.89. The largest absolute Gasteiger partial charge is 0.454 e. The molecule has 0 fully saturated rings. The van der Waals surface area contributed by atoms with Crippen molar-refractivity contribution in [3.05, 3.63) is 60.2 Å². The molecule has 0 bridgehead atoms. The van der Waals surface area contributed by atoms with Crippen LogP contribution in [0, 0.1) is 20.7 Å². The molecule has 10 heteroatoms. The molecule has 0 amide bonds. The number of nitrogens with zero attached hydrogens (tertiary/aromatic N) is 2. The maximum Gasteiger partial charge on any atom is 0.254 e. The lowest BCUT2D eigenvalue weighted by atomic mass is 9.92. The molecule has 160 valence electrons. The zero-order chi connectivity index (χ0) is 22.6. The van der Waals surface area contributed by atoms with Gasteiger partial charge in [-0.3, -0.25) is 14.9 Å². The number of alkyl halides is 1. The maximum atomic E-state index is 13.1. The number of Topliss-reactive ketones (excluding diaryl/α,β-unsaturated/α-hetero) is 1. The molecule has 1 aromatic rings. The first-order valence-electron chi connectivity index (χ1n) is 9.66. The van der Waals surface area contributed by atoms with Gasteiger partial charge in [0.25, 0.3) is 5.70 Å². The van der Waals surface area contributed by atoms with Gasteiger partial charge in [0.15, 0.2) is 23.2 Å². The number of carbonyl (C=O) groups excluding carboxylic acids is 3. The molecule has 4 aliphatic rings. The number of aromatic nitrogens is 1. The Morgan fingerprint density at radius 1 is 1.16 bits per heavy atom. The Morgan fingerprint density at radius 3 is 2.50 bits per heavy atom. The Kier molecular flexibility index (Phi) is 4.60. The van der Waals surface area contributed by atoms with Gasteiger partial charge in [-0.2, -0.15) is 0 Å². The monoisotopic (exact) mass is 452 g/mol. The smallest absolute Gasteiger partial charge is 0.254 e. The minimum atomic E-state index is -0.657. The molecule has 0 unspecified atom stereocenters. The van der Waals surface area contributed by atoms with Crippen LogP contribution in [-0.2, 0) is 16.1 Å². The van der Waals surface area contributed by atoms with Crippen molar-refractivity contribution < 1.29 is 28.8 Å².